The Hall–Kier alpha value is -1.47. The number of halogens is 3. The number of aromatic hydroxyl groups is 1. The number of rotatable bonds is 4. The van der Waals surface area contributed by atoms with Crippen LogP contribution in [0.15, 0.2) is 18.3 Å². The maximum atomic E-state index is 12.7. The fourth-order valence-electron chi connectivity index (χ4n) is 0.937. The van der Waals surface area contributed by atoms with Crippen LogP contribution in [0.5, 0.6) is 5.75 Å². The molecule has 0 spiro atoms. The highest BCUT2D eigenvalue weighted by molar-refractivity contribution is 5.94. The first-order valence-corrected chi connectivity index (χ1v) is 4.46. The lowest BCUT2D eigenvalue weighted by Gasteiger charge is -2.14. The molecule has 8 heteroatoms. The number of aromatic nitrogens is 1. The van der Waals surface area contributed by atoms with Crippen LogP contribution >= 0.6 is 12.4 Å². The summed E-state index contributed by atoms with van der Waals surface area (Å²) in [6, 6.07) is 2.66. The molecule has 0 unspecified atom stereocenters. The average molecular weight is 268 g/mol. The van der Waals surface area contributed by atoms with Crippen LogP contribution in [0.3, 0.4) is 0 Å². The largest absolute Gasteiger partial charge is 0.505 e. The van der Waals surface area contributed by atoms with Crippen molar-refractivity contribution in [2.24, 2.45) is 5.73 Å². The van der Waals surface area contributed by atoms with Gasteiger partial charge in [-0.2, -0.15) is 0 Å². The van der Waals surface area contributed by atoms with E-state index < -0.39 is 24.9 Å². The standard InChI is InChI=1S/C9H11F2N3O2.ClH/c10-9(11,4-12)5-14-8(16)7-6(15)2-1-3-13-7;/h1-3,15H,4-5,12H2,(H,14,16);1H. The normalized spacial score (nSPS) is 10.5. The van der Waals surface area contributed by atoms with Crippen molar-refractivity contribution in [2.45, 2.75) is 5.92 Å². The van der Waals surface area contributed by atoms with Crippen LogP contribution in [-0.2, 0) is 0 Å². The Morgan fingerprint density at radius 3 is 2.76 bits per heavy atom. The van der Waals surface area contributed by atoms with Gasteiger partial charge in [-0.15, -0.1) is 12.4 Å². The quantitative estimate of drug-likeness (QED) is 0.743. The molecule has 1 rings (SSSR count). The van der Waals surface area contributed by atoms with E-state index in [2.05, 4.69) is 4.98 Å². The molecule has 4 N–H and O–H groups in total. The van der Waals surface area contributed by atoms with E-state index in [9.17, 15) is 18.7 Å². The van der Waals surface area contributed by atoms with E-state index in [0.29, 0.717) is 0 Å². The van der Waals surface area contributed by atoms with E-state index in [1.165, 1.54) is 18.3 Å². The lowest BCUT2D eigenvalue weighted by atomic mass is 10.3. The first-order valence-electron chi connectivity index (χ1n) is 4.46. The minimum absolute atomic E-state index is 0. The molecule has 0 aromatic carbocycles. The zero-order valence-electron chi connectivity index (χ0n) is 8.69. The average Bonchev–Trinajstić information content (AvgIpc) is 2.27. The highest BCUT2D eigenvalue weighted by atomic mass is 35.5. The van der Waals surface area contributed by atoms with E-state index in [1.807, 2.05) is 5.32 Å². The van der Waals surface area contributed by atoms with Gasteiger partial charge >= 0.3 is 0 Å². The molecule has 1 heterocycles. The number of nitrogens with one attached hydrogen (secondary N) is 1. The minimum atomic E-state index is -3.17. The topological polar surface area (TPSA) is 88.2 Å². The third-order valence-corrected chi connectivity index (χ3v) is 1.81. The SMILES string of the molecule is Cl.NCC(F)(F)CNC(=O)c1ncccc1O. The second-order valence-corrected chi connectivity index (χ2v) is 3.11. The van der Waals surface area contributed by atoms with Gasteiger partial charge < -0.3 is 16.2 Å². The molecular weight excluding hydrogens is 256 g/mol. The molecule has 0 aliphatic heterocycles. The van der Waals surface area contributed by atoms with Gasteiger partial charge in [0.05, 0.1) is 13.1 Å². The van der Waals surface area contributed by atoms with Crippen molar-refractivity contribution < 1.29 is 18.7 Å². The number of nitrogens with two attached hydrogens (primary N) is 1. The molecule has 0 bridgehead atoms. The molecule has 5 nitrogen and oxygen atoms in total. The number of hydrogen-bond donors (Lipinski definition) is 3. The number of carbonyl (C=O) groups is 1. The second-order valence-electron chi connectivity index (χ2n) is 3.11. The summed E-state index contributed by atoms with van der Waals surface area (Å²) in [7, 11) is 0. The first kappa shape index (κ1) is 15.5. The summed E-state index contributed by atoms with van der Waals surface area (Å²) in [6.45, 7) is -1.75. The predicted molar refractivity (Wildman–Crippen MR) is 59.5 cm³/mol. The first-order chi connectivity index (χ1) is 7.46. The molecule has 0 fully saturated rings. The van der Waals surface area contributed by atoms with Crippen molar-refractivity contribution >= 4 is 18.3 Å². The molecule has 17 heavy (non-hydrogen) atoms. The van der Waals surface area contributed by atoms with Gasteiger partial charge in [0, 0.05) is 6.20 Å². The smallest absolute Gasteiger partial charge is 0.277 e. The minimum Gasteiger partial charge on any atom is -0.505 e. The van der Waals surface area contributed by atoms with Gasteiger partial charge in [0.1, 0.15) is 5.75 Å². The monoisotopic (exact) mass is 267 g/mol. The molecule has 1 aromatic heterocycles. The molecule has 0 saturated carbocycles. The van der Waals surface area contributed by atoms with Crippen LogP contribution in [0, 0.1) is 0 Å². The molecule has 0 radical (unpaired) electrons. The van der Waals surface area contributed by atoms with E-state index in [4.69, 9.17) is 5.73 Å². The lowest BCUT2D eigenvalue weighted by molar-refractivity contribution is 0.0117. The Morgan fingerprint density at radius 2 is 2.24 bits per heavy atom. The van der Waals surface area contributed by atoms with Gasteiger partial charge in [-0.05, 0) is 12.1 Å². The number of pyridine rings is 1. The number of alkyl halides is 2. The van der Waals surface area contributed by atoms with Crippen molar-refractivity contribution in [3.8, 4) is 5.75 Å². The number of amides is 1. The Bertz CT molecular complexity index is 390. The van der Waals surface area contributed by atoms with Crippen molar-refractivity contribution in [3.63, 3.8) is 0 Å². The van der Waals surface area contributed by atoms with Crippen LogP contribution in [0.4, 0.5) is 8.78 Å². The molecule has 1 aromatic rings. The Balaban J connectivity index is 0.00000256. The van der Waals surface area contributed by atoms with Crippen molar-refractivity contribution in [1.82, 2.24) is 10.3 Å². The zero-order valence-corrected chi connectivity index (χ0v) is 9.51. The van der Waals surface area contributed by atoms with Gasteiger partial charge in [-0.1, -0.05) is 0 Å². The van der Waals surface area contributed by atoms with Crippen molar-refractivity contribution in [3.05, 3.63) is 24.0 Å². The summed E-state index contributed by atoms with van der Waals surface area (Å²) in [4.78, 5) is 14.9. The Kier molecular flexibility index (Phi) is 5.77. The van der Waals surface area contributed by atoms with E-state index in [1.54, 1.807) is 0 Å². The van der Waals surface area contributed by atoms with Crippen LogP contribution in [0.1, 0.15) is 10.5 Å². The third kappa shape index (κ3) is 4.49. The summed E-state index contributed by atoms with van der Waals surface area (Å²) < 4.78 is 25.4. The van der Waals surface area contributed by atoms with Crippen LogP contribution in [0.2, 0.25) is 0 Å². The summed E-state index contributed by atoms with van der Waals surface area (Å²) >= 11 is 0. The number of nitrogens with zero attached hydrogens (tertiary/aromatic N) is 1. The van der Waals surface area contributed by atoms with Gasteiger partial charge in [-0.3, -0.25) is 4.79 Å². The van der Waals surface area contributed by atoms with E-state index in [0.717, 1.165) is 0 Å². The highest BCUT2D eigenvalue weighted by Crippen LogP contribution is 2.13. The van der Waals surface area contributed by atoms with Crippen LogP contribution in [-0.4, -0.2) is 35.0 Å². The fourth-order valence-corrected chi connectivity index (χ4v) is 0.937. The summed E-state index contributed by atoms with van der Waals surface area (Å²) in [6.07, 6.45) is 1.27. The molecule has 0 atom stereocenters. The van der Waals surface area contributed by atoms with Gasteiger partial charge in [-0.25, -0.2) is 13.8 Å². The van der Waals surface area contributed by atoms with Gasteiger partial charge in [0.15, 0.2) is 5.69 Å². The van der Waals surface area contributed by atoms with Crippen molar-refractivity contribution in [2.75, 3.05) is 13.1 Å². The van der Waals surface area contributed by atoms with E-state index in [-0.39, 0.29) is 23.9 Å². The van der Waals surface area contributed by atoms with E-state index >= 15 is 0 Å². The number of hydrogen-bond acceptors (Lipinski definition) is 4. The molecule has 1 amide bonds. The molecule has 0 aliphatic rings. The Morgan fingerprint density at radius 1 is 1.59 bits per heavy atom. The van der Waals surface area contributed by atoms with Crippen molar-refractivity contribution in [1.29, 1.82) is 0 Å². The molecular formula is C9H12ClF2N3O2. The summed E-state index contributed by atoms with van der Waals surface area (Å²) in [5.74, 6) is -4.40. The van der Waals surface area contributed by atoms with Gasteiger partial charge in [0.2, 0.25) is 0 Å². The summed E-state index contributed by atoms with van der Waals surface area (Å²) in [5, 5.41) is 11.2. The van der Waals surface area contributed by atoms with Crippen LogP contribution in [0.25, 0.3) is 0 Å². The Labute approximate surface area is 102 Å². The maximum Gasteiger partial charge on any atom is 0.277 e. The maximum absolute atomic E-state index is 12.7. The molecule has 0 aliphatic carbocycles. The fraction of sp³-hybridized carbons (Fsp3) is 0.333. The third-order valence-electron chi connectivity index (χ3n) is 1.81. The molecule has 0 saturated heterocycles. The highest BCUT2D eigenvalue weighted by Gasteiger charge is 2.27. The lowest BCUT2D eigenvalue weighted by Crippen LogP contribution is -2.41. The van der Waals surface area contributed by atoms with Crippen LogP contribution < -0.4 is 11.1 Å². The predicted octanol–water partition coefficient (Wildman–Crippen LogP) is 0.533. The zero-order chi connectivity index (χ0) is 12.2. The second kappa shape index (κ2) is 6.31. The molecule has 96 valence electrons. The number of carbonyl (C=O) groups excluding carboxylic acids is 1. The summed E-state index contributed by atoms with van der Waals surface area (Å²) in [5.41, 5.74) is 4.50. The van der Waals surface area contributed by atoms with Gasteiger partial charge in [0.25, 0.3) is 11.8 Å².